The fourth-order valence-electron chi connectivity index (χ4n) is 2.22. The number of nitro groups is 1. The number of fused-ring (bicyclic) bond motifs is 1. The second kappa shape index (κ2) is 4.62. The van der Waals surface area contributed by atoms with Crippen LogP contribution in [0.15, 0.2) is 30.5 Å². The molecule has 0 bridgehead atoms. The molecule has 0 amide bonds. The van der Waals surface area contributed by atoms with Crippen LogP contribution in [0.2, 0.25) is 0 Å². The fraction of sp³-hybridized carbons (Fsp3) is 0.143. The van der Waals surface area contributed by atoms with Gasteiger partial charge in [0, 0.05) is 29.2 Å². The van der Waals surface area contributed by atoms with Crippen molar-refractivity contribution in [2.45, 2.75) is 13.8 Å². The highest BCUT2D eigenvalue weighted by atomic mass is 19.1. The van der Waals surface area contributed by atoms with E-state index in [0.29, 0.717) is 17.0 Å². The van der Waals surface area contributed by atoms with E-state index < -0.39 is 16.4 Å². The minimum Gasteiger partial charge on any atom is -0.288 e. The van der Waals surface area contributed by atoms with E-state index in [-0.39, 0.29) is 0 Å². The van der Waals surface area contributed by atoms with Gasteiger partial charge >= 0.3 is 5.69 Å². The molecule has 0 aliphatic heterocycles. The van der Waals surface area contributed by atoms with E-state index in [0.717, 1.165) is 17.5 Å². The Morgan fingerprint density at radius 3 is 2.71 bits per heavy atom. The summed E-state index contributed by atoms with van der Waals surface area (Å²) in [4.78, 5) is 18.7. The molecule has 0 saturated heterocycles. The first kappa shape index (κ1) is 13.2. The van der Waals surface area contributed by atoms with Crippen molar-refractivity contribution in [1.82, 2.24) is 14.4 Å². The molecule has 3 aromatic rings. The first-order valence-corrected chi connectivity index (χ1v) is 6.23. The molecule has 21 heavy (non-hydrogen) atoms. The molecule has 6 nitrogen and oxygen atoms in total. The van der Waals surface area contributed by atoms with Gasteiger partial charge in [0.15, 0.2) is 0 Å². The van der Waals surface area contributed by atoms with Gasteiger partial charge in [-0.05, 0) is 32.0 Å². The lowest BCUT2D eigenvalue weighted by atomic mass is 10.1. The molecule has 0 N–H and O–H groups in total. The average Bonchev–Trinajstić information content (AvgIpc) is 2.83. The Balaban J connectivity index is 2.19. The van der Waals surface area contributed by atoms with Crippen LogP contribution in [0.25, 0.3) is 17.0 Å². The molecule has 3 rings (SSSR count). The lowest BCUT2D eigenvalue weighted by molar-refractivity contribution is -0.387. The van der Waals surface area contributed by atoms with Gasteiger partial charge < -0.3 is 0 Å². The minimum absolute atomic E-state index is 0.477. The quantitative estimate of drug-likeness (QED) is 0.536. The van der Waals surface area contributed by atoms with Crippen LogP contribution in [0.5, 0.6) is 0 Å². The lowest BCUT2D eigenvalue weighted by Gasteiger charge is -1.99. The van der Waals surface area contributed by atoms with E-state index in [1.54, 1.807) is 10.6 Å². The van der Waals surface area contributed by atoms with Crippen molar-refractivity contribution in [1.29, 1.82) is 0 Å². The molecule has 0 atom stereocenters. The molecule has 0 saturated carbocycles. The standard InChI is InChI=1S/C14H11FN4O2/c1-8-5-9(2)18-7-12(17-14(18)16-8)10-3-4-11(15)13(6-10)19(20)21/h3-7H,1-2H3. The molecule has 2 heterocycles. The zero-order valence-corrected chi connectivity index (χ0v) is 11.4. The summed E-state index contributed by atoms with van der Waals surface area (Å²) in [5.74, 6) is -0.354. The van der Waals surface area contributed by atoms with Gasteiger partial charge in [-0.25, -0.2) is 9.97 Å². The van der Waals surface area contributed by atoms with Crippen molar-refractivity contribution in [3.63, 3.8) is 0 Å². The van der Waals surface area contributed by atoms with E-state index in [4.69, 9.17) is 0 Å². The van der Waals surface area contributed by atoms with Gasteiger partial charge in [0.1, 0.15) is 0 Å². The van der Waals surface area contributed by atoms with Crippen LogP contribution in [-0.2, 0) is 0 Å². The largest absolute Gasteiger partial charge is 0.305 e. The van der Waals surface area contributed by atoms with E-state index in [1.807, 2.05) is 19.9 Å². The second-order valence-electron chi connectivity index (χ2n) is 4.76. The summed E-state index contributed by atoms with van der Waals surface area (Å²) in [6, 6.07) is 5.63. The van der Waals surface area contributed by atoms with Gasteiger partial charge in [0.05, 0.1) is 10.6 Å². The lowest BCUT2D eigenvalue weighted by Crippen LogP contribution is -1.94. The summed E-state index contributed by atoms with van der Waals surface area (Å²) in [5.41, 5.74) is 2.21. The third-order valence-corrected chi connectivity index (χ3v) is 3.20. The van der Waals surface area contributed by atoms with Gasteiger partial charge in [-0.1, -0.05) is 0 Å². The average molecular weight is 286 g/mol. The molecule has 7 heteroatoms. The van der Waals surface area contributed by atoms with Gasteiger partial charge in [0.2, 0.25) is 11.6 Å². The topological polar surface area (TPSA) is 73.3 Å². The van der Waals surface area contributed by atoms with Crippen LogP contribution in [0, 0.1) is 29.8 Å². The summed E-state index contributed by atoms with van der Waals surface area (Å²) in [7, 11) is 0. The van der Waals surface area contributed by atoms with Crippen molar-refractivity contribution in [2.75, 3.05) is 0 Å². The van der Waals surface area contributed by atoms with Crippen LogP contribution in [0.3, 0.4) is 0 Å². The summed E-state index contributed by atoms with van der Waals surface area (Å²) >= 11 is 0. The highest BCUT2D eigenvalue weighted by Crippen LogP contribution is 2.26. The third kappa shape index (κ3) is 2.22. The molecular formula is C14H11FN4O2. The Morgan fingerprint density at radius 1 is 1.24 bits per heavy atom. The molecule has 0 aliphatic carbocycles. The number of aromatic nitrogens is 3. The third-order valence-electron chi connectivity index (χ3n) is 3.20. The molecule has 0 radical (unpaired) electrons. The van der Waals surface area contributed by atoms with Crippen molar-refractivity contribution < 1.29 is 9.31 Å². The molecule has 1 aromatic carbocycles. The molecule has 2 aromatic heterocycles. The highest BCUT2D eigenvalue weighted by Gasteiger charge is 2.16. The van der Waals surface area contributed by atoms with Crippen LogP contribution in [-0.4, -0.2) is 19.3 Å². The Hall–Kier alpha value is -2.83. The number of benzene rings is 1. The number of nitro benzene ring substituents is 1. The number of halogens is 1. The van der Waals surface area contributed by atoms with Gasteiger partial charge in [0.25, 0.3) is 0 Å². The van der Waals surface area contributed by atoms with Crippen molar-refractivity contribution in [2.24, 2.45) is 0 Å². The van der Waals surface area contributed by atoms with Crippen LogP contribution >= 0.6 is 0 Å². The van der Waals surface area contributed by atoms with E-state index in [1.165, 1.54) is 12.1 Å². The van der Waals surface area contributed by atoms with Gasteiger partial charge in [-0.2, -0.15) is 4.39 Å². The smallest absolute Gasteiger partial charge is 0.288 e. The van der Waals surface area contributed by atoms with Gasteiger partial charge in [-0.3, -0.25) is 14.5 Å². The molecule has 0 fully saturated rings. The van der Waals surface area contributed by atoms with E-state index >= 15 is 0 Å². The number of rotatable bonds is 2. The molecule has 0 aliphatic rings. The predicted octanol–water partition coefficient (Wildman–Crippen LogP) is 3.06. The zero-order chi connectivity index (χ0) is 15.1. The Bertz CT molecular complexity index is 873. The highest BCUT2D eigenvalue weighted by molar-refractivity contribution is 5.64. The van der Waals surface area contributed by atoms with Crippen LogP contribution < -0.4 is 0 Å². The maximum absolute atomic E-state index is 13.4. The Kier molecular flexibility index (Phi) is 2.90. The summed E-state index contributed by atoms with van der Waals surface area (Å²) in [6.07, 6.45) is 1.73. The van der Waals surface area contributed by atoms with Crippen molar-refractivity contribution >= 4 is 11.5 Å². The molecule has 106 valence electrons. The van der Waals surface area contributed by atoms with E-state index in [2.05, 4.69) is 9.97 Å². The van der Waals surface area contributed by atoms with E-state index in [9.17, 15) is 14.5 Å². The maximum atomic E-state index is 13.4. The number of hydrogen-bond donors (Lipinski definition) is 0. The van der Waals surface area contributed by atoms with Crippen LogP contribution in [0.1, 0.15) is 11.4 Å². The first-order valence-electron chi connectivity index (χ1n) is 6.23. The Labute approximate surface area is 119 Å². The van der Waals surface area contributed by atoms with Gasteiger partial charge in [-0.15, -0.1) is 0 Å². The second-order valence-corrected chi connectivity index (χ2v) is 4.76. The van der Waals surface area contributed by atoms with Crippen molar-refractivity contribution in [3.05, 3.63) is 57.8 Å². The summed E-state index contributed by atoms with van der Waals surface area (Å²) in [5, 5.41) is 10.8. The first-order chi connectivity index (χ1) is 9.95. The monoisotopic (exact) mass is 286 g/mol. The normalized spacial score (nSPS) is 11.0. The zero-order valence-electron chi connectivity index (χ0n) is 11.4. The van der Waals surface area contributed by atoms with Crippen molar-refractivity contribution in [3.8, 4) is 11.3 Å². The molecular weight excluding hydrogens is 275 g/mol. The molecule has 0 unspecified atom stereocenters. The number of nitrogens with zero attached hydrogens (tertiary/aromatic N) is 4. The number of imidazole rings is 1. The number of aryl methyl sites for hydroxylation is 2. The maximum Gasteiger partial charge on any atom is 0.305 e. The number of hydrogen-bond acceptors (Lipinski definition) is 4. The fourth-order valence-corrected chi connectivity index (χ4v) is 2.22. The Morgan fingerprint density at radius 2 is 2.00 bits per heavy atom. The summed E-state index contributed by atoms with van der Waals surface area (Å²) in [6.45, 7) is 3.78. The summed E-state index contributed by atoms with van der Waals surface area (Å²) < 4.78 is 15.2. The SMILES string of the molecule is Cc1cc(C)n2cc(-c3ccc(F)c([N+](=O)[O-])c3)nc2n1. The minimum atomic E-state index is -0.863. The molecule has 0 spiro atoms. The predicted molar refractivity (Wildman–Crippen MR) is 74.5 cm³/mol. The van der Waals surface area contributed by atoms with Crippen LogP contribution in [0.4, 0.5) is 10.1 Å².